The lowest BCUT2D eigenvalue weighted by atomic mass is 9.98. The number of aromatic nitrogens is 1. The molecule has 1 amide bonds. The Morgan fingerprint density at radius 3 is 2.94 bits per heavy atom. The molecule has 4 heteroatoms. The van der Waals surface area contributed by atoms with Crippen LogP contribution in [0.1, 0.15) is 37.7 Å². The first-order valence-electron chi connectivity index (χ1n) is 6.62. The Bertz CT molecular complexity index is 393. The van der Waals surface area contributed by atoms with Crippen LogP contribution in [0.4, 0.5) is 0 Å². The molecule has 98 valence electrons. The molecule has 0 saturated carbocycles. The molecule has 2 N–H and O–H groups in total. The zero-order valence-electron chi connectivity index (χ0n) is 10.9. The van der Waals surface area contributed by atoms with Gasteiger partial charge < -0.3 is 10.6 Å². The lowest BCUT2D eigenvalue weighted by Crippen LogP contribution is -2.40. The second-order valence-electron chi connectivity index (χ2n) is 5.00. The minimum absolute atomic E-state index is 0.229. The predicted octanol–water partition coefficient (Wildman–Crippen LogP) is 1.52. The molecule has 1 aromatic heterocycles. The predicted molar refractivity (Wildman–Crippen MR) is 71.1 cm³/mol. The number of hydrogen-bond donors (Lipinski definition) is 1. The summed E-state index contributed by atoms with van der Waals surface area (Å²) in [6, 6.07) is 4.20. The van der Waals surface area contributed by atoms with E-state index in [2.05, 4.69) is 11.9 Å². The van der Waals surface area contributed by atoms with Crippen molar-refractivity contribution in [3.63, 3.8) is 0 Å². The summed E-state index contributed by atoms with van der Waals surface area (Å²) < 4.78 is 0. The maximum absolute atomic E-state index is 12.3. The lowest BCUT2D eigenvalue weighted by Gasteiger charge is -2.25. The molecule has 1 aliphatic rings. The smallest absolute Gasteiger partial charge is 0.223 e. The first-order valence-corrected chi connectivity index (χ1v) is 6.62. The van der Waals surface area contributed by atoms with Gasteiger partial charge in [0.1, 0.15) is 0 Å². The van der Waals surface area contributed by atoms with Crippen LogP contribution in [-0.4, -0.2) is 34.9 Å². The molecule has 0 aliphatic carbocycles. The SMILES string of the molecule is C[C@H](CC(=O)N1CCC[C@@H]1CN)c1ccncc1. The standard InChI is InChI=1S/C14H21N3O/c1-11(12-4-6-16-7-5-12)9-14(18)17-8-2-3-13(17)10-15/h4-7,11,13H,2-3,8-10,15H2,1H3/t11-,13-/m1/s1. The summed E-state index contributed by atoms with van der Waals surface area (Å²) in [6.45, 7) is 3.53. The highest BCUT2D eigenvalue weighted by Gasteiger charge is 2.28. The van der Waals surface area contributed by atoms with Crippen LogP contribution in [0.5, 0.6) is 0 Å². The molecule has 1 saturated heterocycles. The van der Waals surface area contributed by atoms with Gasteiger partial charge in [-0.05, 0) is 36.5 Å². The Morgan fingerprint density at radius 2 is 2.28 bits per heavy atom. The Labute approximate surface area is 108 Å². The van der Waals surface area contributed by atoms with E-state index in [1.807, 2.05) is 17.0 Å². The molecule has 0 unspecified atom stereocenters. The van der Waals surface area contributed by atoms with E-state index in [4.69, 9.17) is 5.73 Å². The highest BCUT2D eigenvalue weighted by Crippen LogP contribution is 2.23. The first-order chi connectivity index (χ1) is 8.72. The minimum Gasteiger partial charge on any atom is -0.338 e. The fourth-order valence-corrected chi connectivity index (χ4v) is 2.60. The molecule has 18 heavy (non-hydrogen) atoms. The molecule has 2 rings (SSSR count). The molecule has 4 nitrogen and oxygen atoms in total. The number of rotatable bonds is 4. The Morgan fingerprint density at radius 1 is 1.56 bits per heavy atom. The summed E-state index contributed by atoms with van der Waals surface area (Å²) in [7, 11) is 0. The summed E-state index contributed by atoms with van der Waals surface area (Å²) in [4.78, 5) is 18.2. The Kier molecular flexibility index (Phi) is 4.31. The summed E-state index contributed by atoms with van der Waals surface area (Å²) in [5.41, 5.74) is 6.87. The number of carbonyl (C=O) groups excluding carboxylic acids is 1. The van der Waals surface area contributed by atoms with Crippen molar-refractivity contribution in [2.45, 2.75) is 38.1 Å². The molecular formula is C14H21N3O. The number of nitrogens with two attached hydrogens (primary N) is 1. The van der Waals surface area contributed by atoms with E-state index < -0.39 is 0 Å². The molecule has 2 atom stereocenters. The van der Waals surface area contributed by atoms with Gasteiger partial charge in [-0.25, -0.2) is 0 Å². The van der Waals surface area contributed by atoms with E-state index in [-0.39, 0.29) is 17.9 Å². The maximum Gasteiger partial charge on any atom is 0.223 e. The molecule has 1 fully saturated rings. The lowest BCUT2D eigenvalue weighted by molar-refractivity contribution is -0.132. The van der Waals surface area contributed by atoms with E-state index in [1.54, 1.807) is 12.4 Å². The van der Waals surface area contributed by atoms with Crippen molar-refractivity contribution < 1.29 is 4.79 Å². The quantitative estimate of drug-likeness (QED) is 0.877. The fraction of sp³-hybridized carbons (Fsp3) is 0.571. The number of amides is 1. The Balaban J connectivity index is 1.95. The van der Waals surface area contributed by atoms with Gasteiger partial charge in [-0.3, -0.25) is 9.78 Å². The van der Waals surface area contributed by atoms with Crippen molar-refractivity contribution in [3.05, 3.63) is 30.1 Å². The number of hydrogen-bond acceptors (Lipinski definition) is 3. The zero-order valence-corrected chi connectivity index (χ0v) is 10.9. The molecule has 0 spiro atoms. The van der Waals surface area contributed by atoms with E-state index in [0.29, 0.717) is 13.0 Å². The van der Waals surface area contributed by atoms with Crippen LogP contribution in [0.15, 0.2) is 24.5 Å². The highest BCUT2D eigenvalue weighted by molar-refractivity contribution is 5.77. The Hall–Kier alpha value is -1.42. The van der Waals surface area contributed by atoms with Gasteiger partial charge in [0, 0.05) is 37.9 Å². The van der Waals surface area contributed by atoms with Crippen molar-refractivity contribution in [1.29, 1.82) is 0 Å². The second kappa shape index (κ2) is 5.96. The monoisotopic (exact) mass is 247 g/mol. The van der Waals surface area contributed by atoms with Gasteiger partial charge in [0.25, 0.3) is 0 Å². The van der Waals surface area contributed by atoms with Crippen molar-refractivity contribution in [2.75, 3.05) is 13.1 Å². The zero-order chi connectivity index (χ0) is 13.0. The van der Waals surface area contributed by atoms with Crippen molar-refractivity contribution >= 4 is 5.91 Å². The maximum atomic E-state index is 12.3. The van der Waals surface area contributed by atoms with Gasteiger partial charge in [-0.2, -0.15) is 0 Å². The topological polar surface area (TPSA) is 59.2 Å². The number of carbonyl (C=O) groups is 1. The van der Waals surface area contributed by atoms with E-state index in [9.17, 15) is 4.79 Å². The molecule has 0 radical (unpaired) electrons. The van der Waals surface area contributed by atoms with Gasteiger partial charge in [-0.1, -0.05) is 6.92 Å². The van der Waals surface area contributed by atoms with Crippen LogP contribution in [0, 0.1) is 0 Å². The van der Waals surface area contributed by atoms with Crippen LogP contribution < -0.4 is 5.73 Å². The van der Waals surface area contributed by atoms with Crippen molar-refractivity contribution in [2.24, 2.45) is 5.73 Å². The minimum atomic E-state index is 0.229. The average Bonchev–Trinajstić information content (AvgIpc) is 2.88. The van der Waals surface area contributed by atoms with Crippen molar-refractivity contribution in [3.8, 4) is 0 Å². The number of likely N-dealkylation sites (tertiary alicyclic amines) is 1. The molecular weight excluding hydrogens is 226 g/mol. The fourth-order valence-electron chi connectivity index (χ4n) is 2.60. The average molecular weight is 247 g/mol. The van der Waals surface area contributed by atoms with E-state index >= 15 is 0 Å². The van der Waals surface area contributed by atoms with Crippen LogP contribution in [-0.2, 0) is 4.79 Å². The summed E-state index contributed by atoms with van der Waals surface area (Å²) in [5.74, 6) is 0.465. The van der Waals surface area contributed by atoms with Gasteiger partial charge >= 0.3 is 0 Å². The van der Waals surface area contributed by atoms with Gasteiger partial charge in [0.15, 0.2) is 0 Å². The van der Waals surface area contributed by atoms with Crippen LogP contribution >= 0.6 is 0 Å². The van der Waals surface area contributed by atoms with Gasteiger partial charge in [0.05, 0.1) is 0 Å². The third-order valence-electron chi connectivity index (χ3n) is 3.73. The first kappa shape index (κ1) is 13.0. The summed E-state index contributed by atoms with van der Waals surface area (Å²) in [6.07, 6.45) is 6.23. The largest absolute Gasteiger partial charge is 0.338 e. The number of nitrogens with zero attached hydrogens (tertiary/aromatic N) is 2. The highest BCUT2D eigenvalue weighted by atomic mass is 16.2. The molecule has 1 aliphatic heterocycles. The molecule has 2 heterocycles. The third kappa shape index (κ3) is 2.88. The van der Waals surface area contributed by atoms with E-state index in [1.165, 1.54) is 5.56 Å². The number of pyridine rings is 1. The molecule has 1 aromatic rings. The molecule has 0 aromatic carbocycles. The van der Waals surface area contributed by atoms with E-state index in [0.717, 1.165) is 19.4 Å². The second-order valence-corrected chi connectivity index (χ2v) is 5.00. The van der Waals surface area contributed by atoms with Crippen LogP contribution in [0.25, 0.3) is 0 Å². The molecule has 0 bridgehead atoms. The third-order valence-corrected chi connectivity index (χ3v) is 3.73. The summed E-state index contributed by atoms with van der Waals surface area (Å²) in [5, 5.41) is 0. The van der Waals surface area contributed by atoms with Gasteiger partial charge in [0.2, 0.25) is 5.91 Å². The van der Waals surface area contributed by atoms with Crippen LogP contribution in [0.2, 0.25) is 0 Å². The van der Waals surface area contributed by atoms with Gasteiger partial charge in [-0.15, -0.1) is 0 Å². The summed E-state index contributed by atoms with van der Waals surface area (Å²) >= 11 is 0. The van der Waals surface area contributed by atoms with Crippen molar-refractivity contribution in [1.82, 2.24) is 9.88 Å². The van der Waals surface area contributed by atoms with Crippen LogP contribution in [0.3, 0.4) is 0 Å². The normalized spacial score (nSPS) is 21.0.